The molecule has 4 rings (SSSR count). The van der Waals surface area contributed by atoms with Crippen molar-refractivity contribution in [1.29, 1.82) is 0 Å². The normalized spacial score (nSPS) is 15.8. The number of hydrogen-bond donors (Lipinski definition) is 1. The summed E-state index contributed by atoms with van der Waals surface area (Å²) in [5.41, 5.74) is 3.04. The van der Waals surface area contributed by atoms with Gasteiger partial charge in [-0.15, -0.1) is 11.8 Å². The highest BCUT2D eigenvalue weighted by Gasteiger charge is 2.35. The average molecular weight is 600 g/mol. The number of benzene rings is 3. The van der Waals surface area contributed by atoms with E-state index in [1.54, 1.807) is 6.07 Å². The number of sulfonamides is 1. The lowest BCUT2D eigenvalue weighted by atomic mass is 9.93. The molecule has 11 heteroatoms. The van der Waals surface area contributed by atoms with Crippen LogP contribution in [-0.4, -0.2) is 19.9 Å². The SMILES string of the molecule is CC(C)c1ccccc1C1=CSC(c2cc([N+](=O)[O-])cc(S(N)(=O)=O)c2)N1c1cc(F)ccc1OCCC(C)(C)C. The minimum atomic E-state index is -4.25. The number of rotatable bonds is 9. The van der Waals surface area contributed by atoms with Gasteiger partial charge in [0.1, 0.15) is 16.9 Å². The minimum Gasteiger partial charge on any atom is -0.491 e. The van der Waals surface area contributed by atoms with E-state index in [1.165, 1.54) is 36.0 Å². The number of hydrogen-bond acceptors (Lipinski definition) is 7. The predicted octanol–water partition coefficient (Wildman–Crippen LogP) is 7.57. The van der Waals surface area contributed by atoms with Crippen molar-refractivity contribution in [3.8, 4) is 5.75 Å². The topological polar surface area (TPSA) is 116 Å². The number of primary sulfonamides is 1. The largest absolute Gasteiger partial charge is 0.491 e. The third-order valence-corrected chi connectivity index (χ3v) is 8.68. The highest BCUT2D eigenvalue weighted by Crippen LogP contribution is 2.52. The molecule has 0 spiro atoms. The molecular weight excluding hydrogens is 565 g/mol. The van der Waals surface area contributed by atoms with Crippen molar-refractivity contribution >= 4 is 38.9 Å². The number of nitro groups is 1. The van der Waals surface area contributed by atoms with E-state index in [-0.39, 0.29) is 16.2 Å². The second-order valence-electron chi connectivity index (χ2n) is 11.4. The maximum Gasteiger partial charge on any atom is 0.271 e. The minimum absolute atomic E-state index is 0.0145. The van der Waals surface area contributed by atoms with Crippen molar-refractivity contribution in [2.45, 2.75) is 57.2 Å². The number of thioether (sulfide) groups is 1. The molecule has 0 aliphatic carbocycles. The summed E-state index contributed by atoms with van der Waals surface area (Å²) in [6, 6.07) is 15.7. The van der Waals surface area contributed by atoms with Gasteiger partial charge in [-0.1, -0.05) is 58.9 Å². The molecule has 0 radical (unpaired) electrons. The molecule has 3 aromatic rings. The lowest BCUT2D eigenvalue weighted by molar-refractivity contribution is -0.385. The van der Waals surface area contributed by atoms with E-state index in [2.05, 4.69) is 34.6 Å². The van der Waals surface area contributed by atoms with E-state index in [4.69, 9.17) is 9.88 Å². The Bertz CT molecular complexity index is 1600. The zero-order valence-corrected chi connectivity index (χ0v) is 25.3. The van der Waals surface area contributed by atoms with E-state index in [0.717, 1.165) is 29.3 Å². The molecule has 1 atom stereocenters. The Morgan fingerprint density at radius 3 is 2.46 bits per heavy atom. The van der Waals surface area contributed by atoms with Gasteiger partial charge in [-0.05, 0) is 52.5 Å². The van der Waals surface area contributed by atoms with Gasteiger partial charge >= 0.3 is 0 Å². The molecule has 1 aliphatic heterocycles. The van der Waals surface area contributed by atoms with Crippen LogP contribution in [0.1, 0.15) is 69.0 Å². The third-order valence-electron chi connectivity index (χ3n) is 6.69. The maximum atomic E-state index is 14.9. The van der Waals surface area contributed by atoms with E-state index in [1.807, 2.05) is 34.6 Å². The molecule has 41 heavy (non-hydrogen) atoms. The van der Waals surface area contributed by atoms with Crippen LogP contribution in [0, 0.1) is 21.3 Å². The quantitative estimate of drug-likeness (QED) is 0.199. The van der Waals surface area contributed by atoms with Gasteiger partial charge in [0.25, 0.3) is 5.69 Å². The molecule has 8 nitrogen and oxygen atoms in total. The van der Waals surface area contributed by atoms with Crippen molar-refractivity contribution in [2.24, 2.45) is 10.6 Å². The second kappa shape index (κ2) is 11.8. The smallest absolute Gasteiger partial charge is 0.271 e. The first-order valence-corrected chi connectivity index (χ1v) is 15.6. The molecule has 0 saturated carbocycles. The van der Waals surface area contributed by atoms with Crippen LogP contribution in [0.4, 0.5) is 15.8 Å². The predicted molar refractivity (Wildman–Crippen MR) is 162 cm³/mol. The summed E-state index contributed by atoms with van der Waals surface area (Å²) < 4.78 is 45.6. The molecule has 1 heterocycles. The van der Waals surface area contributed by atoms with Gasteiger partial charge in [-0.25, -0.2) is 17.9 Å². The Morgan fingerprint density at radius 2 is 1.83 bits per heavy atom. The fourth-order valence-electron chi connectivity index (χ4n) is 4.57. The third kappa shape index (κ3) is 7.09. The molecule has 0 bridgehead atoms. The molecule has 2 N–H and O–H groups in total. The molecule has 0 saturated heterocycles. The van der Waals surface area contributed by atoms with Crippen LogP contribution in [0.15, 0.2) is 71.0 Å². The zero-order chi connectivity index (χ0) is 30.1. The van der Waals surface area contributed by atoms with E-state index in [9.17, 15) is 22.9 Å². The van der Waals surface area contributed by atoms with Crippen molar-refractivity contribution in [3.63, 3.8) is 0 Å². The first kappa shape index (κ1) is 30.5. The fraction of sp³-hybridized carbons (Fsp3) is 0.333. The first-order valence-electron chi connectivity index (χ1n) is 13.1. The van der Waals surface area contributed by atoms with Crippen LogP contribution in [0.2, 0.25) is 0 Å². The summed E-state index contributed by atoms with van der Waals surface area (Å²) in [7, 11) is -4.25. The van der Waals surface area contributed by atoms with Crippen molar-refractivity contribution in [1.82, 2.24) is 0 Å². The maximum absolute atomic E-state index is 14.9. The summed E-state index contributed by atoms with van der Waals surface area (Å²) in [6.07, 6.45) is 0.753. The summed E-state index contributed by atoms with van der Waals surface area (Å²) in [4.78, 5) is 12.6. The Kier molecular flexibility index (Phi) is 8.81. The van der Waals surface area contributed by atoms with E-state index < -0.39 is 31.8 Å². The number of halogens is 1. The Morgan fingerprint density at radius 1 is 1.12 bits per heavy atom. The van der Waals surface area contributed by atoms with Gasteiger partial charge in [0.2, 0.25) is 10.0 Å². The molecule has 1 unspecified atom stereocenters. The highest BCUT2D eigenvalue weighted by molar-refractivity contribution is 8.03. The van der Waals surface area contributed by atoms with Gasteiger partial charge in [0.15, 0.2) is 0 Å². The number of anilines is 1. The van der Waals surface area contributed by atoms with Crippen molar-refractivity contribution < 1.29 is 22.5 Å². The number of non-ortho nitro benzene ring substituents is 1. The van der Waals surface area contributed by atoms with Crippen molar-refractivity contribution in [3.05, 3.63) is 98.7 Å². The van der Waals surface area contributed by atoms with Gasteiger partial charge in [-0.3, -0.25) is 10.1 Å². The monoisotopic (exact) mass is 599 g/mol. The molecular formula is C30H34FN3O5S2. The zero-order valence-electron chi connectivity index (χ0n) is 23.6. The molecule has 1 aliphatic rings. The summed E-state index contributed by atoms with van der Waals surface area (Å²) in [5, 5.41) is 18.4. The average Bonchev–Trinajstić information content (AvgIpc) is 3.33. The van der Waals surface area contributed by atoms with Crippen LogP contribution in [-0.2, 0) is 10.0 Å². The second-order valence-corrected chi connectivity index (χ2v) is 14.0. The van der Waals surface area contributed by atoms with E-state index in [0.29, 0.717) is 23.6 Å². The number of ether oxygens (including phenoxy) is 1. The van der Waals surface area contributed by atoms with Crippen LogP contribution in [0.25, 0.3) is 5.70 Å². The molecule has 218 valence electrons. The Balaban J connectivity index is 1.92. The van der Waals surface area contributed by atoms with Gasteiger partial charge in [0, 0.05) is 23.8 Å². The van der Waals surface area contributed by atoms with Crippen LogP contribution >= 0.6 is 11.8 Å². The van der Waals surface area contributed by atoms with Crippen LogP contribution < -0.4 is 14.8 Å². The summed E-state index contributed by atoms with van der Waals surface area (Å²) in [6.45, 7) is 10.8. The lowest BCUT2D eigenvalue weighted by Gasteiger charge is -2.32. The summed E-state index contributed by atoms with van der Waals surface area (Å²) in [5.74, 6) is 0.118. The highest BCUT2D eigenvalue weighted by atomic mass is 32.2. The van der Waals surface area contributed by atoms with E-state index >= 15 is 0 Å². The summed E-state index contributed by atoms with van der Waals surface area (Å²) >= 11 is 1.33. The fourth-order valence-corrected chi connectivity index (χ4v) is 6.30. The number of nitrogens with two attached hydrogens (primary N) is 1. The number of nitro benzene ring substituents is 1. The molecule has 0 amide bonds. The Labute approximate surface area is 244 Å². The lowest BCUT2D eigenvalue weighted by Crippen LogP contribution is -2.24. The van der Waals surface area contributed by atoms with Gasteiger partial charge in [-0.2, -0.15) is 0 Å². The molecule has 0 fully saturated rings. The van der Waals surface area contributed by atoms with Gasteiger partial charge < -0.3 is 9.64 Å². The number of nitrogens with zero attached hydrogens (tertiary/aromatic N) is 2. The molecule has 3 aromatic carbocycles. The van der Waals surface area contributed by atoms with Crippen LogP contribution in [0.3, 0.4) is 0 Å². The van der Waals surface area contributed by atoms with Crippen molar-refractivity contribution in [2.75, 3.05) is 11.5 Å². The van der Waals surface area contributed by atoms with Gasteiger partial charge in [0.05, 0.1) is 27.8 Å². The molecule has 0 aromatic heterocycles. The first-order chi connectivity index (χ1) is 19.2. The Hall–Kier alpha value is -3.41. The van der Waals surface area contributed by atoms with Crippen LogP contribution in [0.5, 0.6) is 5.75 Å². The standard InChI is InChI=1S/C30H34FN3O5S2/c1-19(2)24-8-6-7-9-25(24)27-18-40-29(20-14-22(34(35)36)17-23(15-20)41(32,37)38)33(27)26-16-21(31)10-11-28(26)39-13-12-30(3,4)5/h6-11,14-19,29H,12-13H2,1-5H3,(H2,32,37,38).